The van der Waals surface area contributed by atoms with Gasteiger partial charge in [-0.2, -0.15) is 0 Å². The second-order valence-electron chi connectivity index (χ2n) is 4.75. The third-order valence-electron chi connectivity index (χ3n) is 3.87. The van der Waals surface area contributed by atoms with E-state index in [4.69, 9.17) is 4.42 Å². The van der Waals surface area contributed by atoms with Crippen molar-refractivity contribution >= 4 is 15.9 Å². The molecule has 1 N–H and O–H groups in total. The molecular weight excluding hydrogens is 266 g/mol. The minimum absolute atomic E-state index is 0.362. The van der Waals surface area contributed by atoms with Crippen LogP contribution in [0, 0.1) is 11.8 Å². The minimum Gasteiger partial charge on any atom is -0.466 e. The summed E-state index contributed by atoms with van der Waals surface area (Å²) >= 11 is 3.55. The molecule has 0 spiro atoms. The Kier molecular flexibility index (Phi) is 4.09. The van der Waals surface area contributed by atoms with Gasteiger partial charge in [0.15, 0.2) is 0 Å². The van der Waals surface area contributed by atoms with Gasteiger partial charge in [0.1, 0.15) is 5.76 Å². The smallest absolute Gasteiger partial charge is 0.135 e. The molecule has 1 aromatic heterocycles. The van der Waals surface area contributed by atoms with Crippen molar-refractivity contribution in [2.45, 2.75) is 38.6 Å². The lowest BCUT2D eigenvalue weighted by atomic mass is 9.94. The van der Waals surface area contributed by atoms with Gasteiger partial charge < -0.3 is 9.73 Å². The van der Waals surface area contributed by atoms with E-state index >= 15 is 0 Å². The fraction of sp³-hybridized carbons (Fsp3) is 0.692. The van der Waals surface area contributed by atoms with Gasteiger partial charge in [0.2, 0.25) is 0 Å². The lowest BCUT2D eigenvalue weighted by Crippen LogP contribution is -2.23. The molecule has 1 saturated carbocycles. The molecule has 1 aliphatic carbocycles. The van der Waals surface area contributed by atoms with Gasteiger partial charge in [-0.15, -0.1) is 0 Å². The lowest BCUT2D eigenvalue weighted by molar-refractivity contribution is 0.318. The summed E-state index contributed by atoms with van der Waals surface area (Å²) in [4.78, 5) is 0. The second kappa shape index (κ2) is 5.37. The quantitative estimate of drug-likeness (QED) is 0.900. The maximum atomic E-state index is 5.59. The number of halogens is 1. The standard InChI is InChI=1S/C13H20BrNO/c1-3-9-4-5-10(8-9)12(15-2)13-11(14)6-7-16-13/h6-7,9-10,12,15H,3-5,8H2,1-2H3. The van der Waals surface area contributed by atoms with Crippen LogP contribution in [-0.2, 0) is 0 Å². The Hall–Kier alpha value is -0.280. The number of hydrogen-bond donors (Lipinski definition) is 1. The topological polar surface area (TPSA) is 25.2 Å². The van der Waals surface area contributed by atoms with Gasteiger partial charge >= 0.3 is 0 Å². The molecule has 16 heavy (non-hydrogen) atoms. The van der Waals surface area contributed by atoms with Crippen LogP contribution < -0.4 is 5.32 Å². The largest absolute Gasteiger partial charge is 0.466 e. The summed E-state index contributed by atoms with van der Waals surface area (Å²) in [6, 6.07) is 2.34. The molecule has 1 aromatic rings. The highest BCUT2D eigenvalue weighted by Gasteiger charge is 2.32. The number of rotatable bonds is 4. The van der Waals surface area contributed by atoms with Gasteiger partial charge in [0, 0.05) is 0 Å². The SMILES string of the molecule is CCC1CCC(C(NC)c2occc2Br)C1. The van der Waals surface area contributed by atoms with Gasteiger partial charge in [0.25, 0.3) is 0 Å². The van der Waals surface area contributed by atoms with E-state index in [1.54, 1.807) is 6.26 Å². The van der Waals surface area contributed by atoms with Crippen LogP contribution in [0.3, 0.4) is 0 Å². The molecule has 1 heterocycles. The first-order chi connectivity index (χ1) is 7.76. The molecule has 1 fully saturated rings. The zero-order valence-corrected chi connectivity index (χ0v) is 11.6. The van der Waals surface area contributed by atoms with E-state index in [1.165, 1.54) is 25.7 Å². The summed E-state index contributed by atoms with van der Waals surface area (Å²) in [5.74, 6) is 2.69. The van der Waals surface area contributed by atoms with Crippen molar-refractivity contribution in [3.63, 3.8) is 0 Å². The normalized spacial score (nSPS) is 27.2. The highest BCUT2D eigenvalue weighted by atomic mass is 79.9. The van der Waals surface area contributed by atoms with Crippen LogP contribution in [0.2, 0.25) is 0 Å². The minimum atomic E-state index is 0.362. The van der Waals surface area contributed by atoms with Crippen molar-refractivity contribution in [3.05, 3.63) is 22.6 Å². The van der Waals surface area contributed by atoms with Crippen LogP contribution in [0.25, 0.3) is 0 Å². The van der Waals surface area contributed by atoms with Crippen LogP contribution >= 0.6 is 15.9 Å². The number of nitrogens with one attached hydrogen (secondary N) is 1. The van der Waals surface area contributed by atoms with Crippen molar-refractivity contribution < 1.29 is 4.42 Å². The van der Waals surface area contributed by atoms with Crippen molar-refractivity contribution in [2.24, 2.45) is 11.8 Å². The molecular formula is C13H20BrNO. The first-order valence-corrected chi connectivity index (χ1v) is 6.95. The molecule has 90 valence electrons. The van der Waals surface area contributed by atoms with E-state index in [2.05, 4.69) is 28.2 Å². The predicted octanol–water partition coefficient (Wildman–Crippen LogP) is 4.13. The summed E-state index contributed by atoms with van der Waals surface area (Å²) in [6.45, 7) is 2.30. The monoisotopic (exact) mass is 285 g/mol. The van der Waals surface area contributed by atoms with Gasteiger partial charge in [-0.25, -0.2) is 0 Å². The first-order valence-electron chi connectivity index (χ1n) is 6.16. The highest BCUT2D eigenvalue weighted by molar-refractivity contribution is 9.10. The molecule has 3 atom stereocenters. The van der Waals surface area contributed by atoms with Gasteiger partial charge in [0.05, 0.1) is 16.8 Å². The maximum Gasteiger partial charge on any atom is 0.135 e. The Morgan fingerprint density at radius 2 is 2.38 bits per heavy atom. The van der Waals surface area contributed by atoms with Gasteiger partial charge in [-0.05, 0) is 53.7 Å². The molecule has 3 heteroatoms. The molecule has 1 aliphatic rings. The Labute approximate surface area is 106 Å². The Balaban J connectivity index is 2.09. The van der Waals surface area contributed by atoms with Crippen molar-refractivity contribution in [2.75, 3.05) is 7.05 Å². The zero-order chi connectivity index (χ0) is 11.5. The van der Waals surface area contributed by atoms with Gasteiger partial charge in [-0.3, -0.25) is 0 Å². The van der Waals surface area contributed by atoms with Crippen LogP contribution in [0.4, 0.5) is 0 Å². The average molecular weight is 286 g/mol. The molecule has 0 radical (unpaired) electrons. The lowest BCUT2D eigenvalue weighted by Gasteiger charge is -2.21. The van der Waals surface area contributed by atoms with E-state index in [1.807, 2.05) is 13.1 Å². The molecule has 0 bridgehead atoms. The molecule has 2 rings (SSSR count). The average Bonchev–Trinajstić information content (AvgIpc) is 2.90. The highest BCUT2D eigenvalue weighted by Crippen LogP contribution is 2.41. The van der Waals surface area contributed by atoms with Crippen molar-refractivity contribution in [1.29, 1.82) is 0 Å². The van der Waals surface area contributed by atoms with Crippen molar-refractivity contribution in [3.8, 4) is 0 Å². The third kappa shape index (κ3) is 2.35. The third-order valence-corrected chi connectivity index (χ3v) is 4.52. The summed E-state index contributed by atoms with van der Waals surface area (Å²) in [5, 5.41) is 3.41. The summed E-state index contributed by atoms with van der Waals surface area (Å²) < 4.78 is 6.68. The predicted molar refractivity (Wildman–Crippen MR) is 69.3 cm³/mol. The number of furan rings is 1. The molecule has 3 unspecified atom stereocenters. The zero-order valence-electron chi connectivity index (χ0n) is 10.0. The van der Waals surface area contributed by atoms with E-state index in [-0.39, 0.29) is 0 Å². The Morgan fingerprint density at radius 3 is 2.88 bits per heavy atom. The summed E-state index contributed by atoms with van der Waals surface area (Å²) in [5.41, 5.74) is 0. The van der Waals surface area contributed by atoms with Crippen LogP contribution in [-0.4, -0.2) is 7.05 Å². The fourth-order valence-corrected chi connectivity index (χ4v) is 3.34. The van der Waals surface area contributed by atoms with E-state index in [9.17, 15) is 0 Å². The Bertz CT molecular complexity index is 336. The molecule has 0 aliphatic heterocycles. The van der Waals surface area contributed by atoms with Gasteiger partial charge in [-0.1, -0.05) is 19.8 Å². The fourth-order valence-electron chi connectivity index (χ4n) is 2.90. The van der Waals surface area contributed by atoms with Crippen LogP contribution in [0.5, 0.6) is 0 Å². The van der Waals surface area contributed by atoms with E-state index in [0.717, 1.165) is 22.1 Å². The molecule has 0 amide bonds. The van der Waals surface area contributed by atoms with E-state index < -0.39 is 0 Å². The van der Waals surface area contributed by atoms with Crippen molar-refractivity contribution in [1.82, 2.24) is 5.32 Å². The second-order valence-corrected chi connectivity index (χ2v) is 5.60. The molecule has 2 nitrogen and oxygen atoms in total. The van der Waals surface area contributed by atoms with Crippen LogP contribution in [0.1, 0.15) is 44.4 Å². The van der Waals surface area contributed by atoms with Crippen LogP contribution in [0.15, 0.2) is 21.2 Å². The first kappa shape index (κ1) is 12.2. The van der Waals surface area contributed by atoms with E-state index in [0.29, 0.717) is 6.04 Å². The Morgan fingerprint density at radius 1 is 1.56 bits per heavy atom. The summed E-state index contributed by atoms with van der Waals surface area (Å²) in [6.07, 6.45) is 7.09. The molecule has 0 aromatic carbocycles. The maximum absolute atomic E-state index is 5.59. The summed E-state index contributed by atoms with van der Waals surface area (Å²) in [7, 11) is 2.03. The molecule has 0 saturated heterocycles. The number of hydrogen-bond acceptors (Lipinski definition) is 2.